The second-order valence-electron chi connectivity index (χ2n) is 4.25. The molecule has 2 nitrogen and oxygen atoms in total. The van der Waals surface area contributed by atoms with E-state index in [1.165, 1.54) is 25.3 Å². The lowest BCUT2D eigenvalue weighted by atomic mass is 10.0. The SMILES string of the molecule is COc1ccc(Br)cc1C(=O)c1cccc(C(F)(F)F)c1. The summed E-state index contributed by atoms with van der Waals surface area (Å²) in [6.07, 6.45) is -4.49. The number of carbonyl (C=O) groups is 1. The van der Waals surface area contributed by atoms with E-state index in [0.717, 1.165) is 12.1 Å². The maximum absolute atomic E-state index is 12.7. The first-order valence-corrected chi connectivity index (χ1v) is 6.67. The summed E-state index contributed by atoms with van der Waals surface area (Å²) >= 11 is 3.22. The molecule has 0 heterocycles. The fourth-order valence-corrected chi connectivity index (χ4v) is 2.21. The van der Waals surface area contributed by atoms with Gasteiger partial charge in [0.2, 0.25) is 0 Å². The minimum atomic E-state index is -4.49. The number of carbonyl (C=O) groups excluding carboxylic acids is 1. The Morgan fingerprint density at radius 2 is 1.86 bits per heavy atom. The van der Waals surface area contributed by atoms with Crippen molar-refractivity contribution in [2.75, 3.05) is 7.11 Å². The number of hydrogen-bond acceptors (Lipinski definition) is 2. The molecule has 0 fully saturated rings. The minimum Gasteiger partial charge on any atom is -0.496 e. The number of alkyl halides is 3. The highest BCUT2D eigenvalue weighted by molar-refractivity contribution is 9.10. The molecule has 0 aliphatic rings. The van der Waals surface area contributed by atoms with Crippen molar-refractivity contribution in [3.63, 3.8) is 0 Å². The highest BCUT2D eigenvalue weighted by atomic mass is 79.9. The molecule has 110 valence electrons. The summed E-state index contributed by atoms with van der Waals surface area (Å²) in [6, 6.07) is 9.09. The van der Waals surface area contributed by atoms with Gasteiger partial charge in [0, 0.05) is 10.0 Å². The lowest BCUT2D eigenvalue weighted by Crippen LogP contribution is -2.09. The van der Waals surface area contributed by atoms with Gasteiger partial charge in [0.05, 0.1) is 18.2 Å². The molecule has 0 atom stereocenters. The lowest BCUT2D eigenvalue weighted by Gasteiger charge is -2.10. The molecule has 0 bridgehead atoms. The third-order valence-electron chi connectivity index (χ3n) is 2.86. The van der Waals surface area contributed by atoms with Crippen LogP contribution >= 0.6 is 15.9 Å². The number of hydrogen-bond donors (Lipinski definition) is 0. The number of ketones is 1. The van der Waals surface area contributed by atoms with Crippen molar-refractivity contribution in [2.45, 2.75) is 6.18 Å². The topological polar surface area (TPSA) is 26.3 Å². The smallest absolute Gasteiger partial charge is 0.416 e. The van der Waals surface area contributed by atoms with Crippen LogP contribution in [0.2, 0.25) is 0 Å². The van der Waals surface area contributed by atoms with E-state index >= 15 is 0 Å². The summed E-state index contributed by atoms with van der Waals surface area (Å²) < 4.78 is 43.8. The molecular formula is C15H10BrF3O2. The molecule has 0 saturated carbocycles. The van der Waals surface area contributed by atoms with E-state index in [9.17, 15) is 18.0 Å². The molecule has 0 unspecified atom stereocenters. The Balaban J connectivity index is 2.48. The van der Waals surface area contributed by atoms with Gasteiger partial charge in [-0.05, 0) is 30.3 Å². The van der Waals surface area contributed by atoms with E-state index in [0.29, 0.717) is 10.2 Å². The third-order valence-corrected chi connectivity index (χ3v) is 3.35. The predicted octanol–water partition coefficient (Wildman–Crippen LogP) is 4.71. The van der Waals surface area contributed by atoms with E-state index in [2.05, 4.69) is 15.9 Å². The summed E-state index contributed by atoms with van der Waals surface area (Å²) in [5.74, 6) is -0.222. The molecule has 0 aliphatic heterocycles. The Bertz CT molecular complexity index is 681. The fourth-order valence-electron chi connectivity index (χ4n) is 1.85. The van der Waals surface area contributed by atoms with Crippen LogP contribution in [-0.4, -0.2) is 12.9 Å². The largest absolute Gasteiger partial charge is 0.496 e. The van der Waals surface area contributed by atoms with Gasteiger partial charge in [0.25, 0.3) is 0 Å². The van der Waals surface area contributed by atoms with Crippen molar-refractivity contribution in [2.24, 2.45) is 0 Å². The van der Waals surface area contributed by atoms with E-state index in [1.54, 1.807) is 12.1 Å². The zero-order valence-corrected chi connectivity index (χ0v) is 12.5. The van der Waals surface area contributed by atoms with Crippen molar-refractivity contribution in [1.29, 1.82) is 0 Å². The number of methoxy groups -OCH3 is 1. The van der Waals surface area contributed by atoms with E-state index in [-0.39, 0.29) is 11.1 Å². The van der Waals surface area contributed by atoms with Gasteiger partial charge >= 0.3 is 6.18 Å². The molecule has 21 heavy (non-hydrogen) atoms. The average Bonchev–Trinajstić information content (AvgIpc) is 2.45. The molecule has 6 heteroatoms. The number of rotatable bonds is 3. The molecule has 0 aliphatic carbocycles. The van der Waals surface area contributed by atoms with Crippen molar-refractivity contribution < 1.29 is 22.7 Å². The van der Waals surface area contributed by atoms with Crippen LogP contribution in [0.3, 0.4) is 0 Å². The number of ether oxygens (including phenoxy) is 1. The molecular weight excluding hydrogens is 349 g/mol. The highest BCUT2D eigenvalue weighted by Crippen LogP contribution is 2.31. The third kappa shape index (κ3) is 3.44. The van der Waals surface area contributed by atoms with Crippen molar-refractivity contribution >= 4 is 21.7 Å². The normalized spacial score (nSPS) is 11.3. The Morgan fingerprint density at radius 3 is 2.48 bits per heavy atom. The van der Waals surface area contributed by atoms with Gasteiger partial charge in [-0.2, -0.15) is 13.2 Å². The first-order chi connectivity index (χ1) is 9.82. The molecule has 2 aromatic rings. The lowest BCUT2D eigenvalue weighted by molar-refractivity contribution is -0.137. The molecule has 0 N–H and O–H groups in total. The quantitative estimate of drug-likeness (QED) is 0.743. The molecule has 2 aromatic carbocycles. The molecule has 0 radical (unpaired) electrons. The average molecular weight is 359 g/mol. The van der Waals surface area contributed by atoms with Crippen molar-refractivity contribution in [1.82, 2.24) is 0 Å². The first-order valence-electron chi connectivity index (χ1n) is 5.88. The fraction of sp³-hybridized carbons (Fsp3) is 0.133. The molecule has 0 spiro atoms. The zero-order chi connectivity index (χ0) is 15.6. The van der Waals surface area contributed by atoms with Gasteiger partial charge in [-0.3, -0.25) is 4.79 Å². The van der Waals surface area contributed by atoms with Crippen molar-refractivity contribution in [3.8, 4) is 5.75 Å². The second-order valence-corrected chi connectivity index (χ2v) is 5.17. The minimum absolute atomic E-state index is 0.0405. The summed E-state index contributed by atoms with van der Waals surface area (Å²) in [5, 5.41) is 0. The van der Waals surface area contributed by atoms with Gasteiger partial charge < -0.3 is 4.74 Å². The Morgan fingerprint density at radius 1 is 1.14 bits per heavy atom. The van der Waals surface area contributed by atoms with Gasteiger partial charge in [-0.15, -0.1) is 0 Å². The van der Waals surface area contributed by atoms with Crippen LogP contribution in [0.25, 0.3) is 0 Å². The van der Waals surface area contributed by atoms with Crippen LogP contribution in [0.4, 0.5) is 13.2 Å². The van der Waals surface area contributed by atoms with Crippen LogP contribution in [0.5, 0.6) is 5.75 Å². The highest BCUT2D eigenvalue weighted by Gasteiger charge is 2.31. The number of halogens is 4. The van der Waals surface area contributed by atoms with Gasteiger partial charge in [0.1, 0.15) is 5.75 Å². The standard InChI is InChI=1S/C15H10BrF3O2/c1-21-13-6-5-11(16)8-12(13)14(20)9-3-2-4-10(7-9)15(17,18)19/h2-8H,1H3. The van der Waals surface area contributed by atoms with Crippen LogP contribution in [0.1, 0.15) is 21.5 Å². The summed E-state index contributed by atoms with van der Waals surface area (Å²) in [7, 11) is 1.39. The summed E-state index contributed by atoms with van der Waals surface area (Å²) in [4.78, 5) is 12.4. The molecule has 2 rings (SSSR count). The van der Waals surface area contributed by atoms with Gasteiger partial charge in [-0.25, -0.2) is 0 Å². The first kappa shape index (κ1) is 15.6. The summed E-state index contributed by atoms with van der Waals surface area (Å²) in [5.41, 5.74) is -0.699. The predicted molar refractivity (Wildman–Crippen MR) is 75.6 cm³/mol. The maximum Gasteiger partial charge on any atom is 0.416 e. The van der Waals surface area contributed by atoms with Gasteiger partial charge in [0.15, 0.2) is 5.78 Å². The van der Waals surface area contributed by atoms with E-state index in [4.69, 9.17) is 4.74 Å². The van der Waals surface area contributed by atoms with E-state index < -0.39 is 17.5 Å². The van der Waals surface area contributed by atoms with Crippen LogP contribution in [-0.2, 0) is 6.18 Å². The molecule has 0 amide bonds. The second kappa shape index (κ2) is 5.89. The summed E-state index contributed by atoms with van der Waals surface area (Å²) in [6.45, 7) is 0. The van der Waals surface area contributed by atoms with Crippen molar-refractivity contribution in [3.05, 3.63) is 63.6 Å². The van der Waals surface area contributed by atoms with Gasteiger partial charge in [-0.1, -0.05) is 28.1 Å². The Labute approximate surface area is 127 Å². The maximum atomic E-state index is 12.7. The van der Waals surface area contributed by atoms with Crippen LogP contribution in [0.15, 0.2) is 46.9 Å². The monoisotopic (exact) mass is 358 g/mol. The molecule has 0 aromatic heterocycles. The number of benzene rings is 2. The Hall–Kier alpha value is -1.82. The molecule has 0 saturated heterocycles. The Kier molecular flexibility index (Phi) is 4.37. The zero-order valence-electron chi connectivity index (χ0n) is 10.9. The van der Waals surface area contributed by atoms with E-state index in [1.807, 2.05) is 0 Å². The van der Waals surface area contributed by atoms with Crippen LogP contribution < -0.4 is 4.74 Å². The van der Waals surface area contributed by atoms with Crippen LogP contribution in [0, 0.1) is 0 Å².